The molecule has 5 nitrogen and oxygen atoms in total. The molecule has 19 heavy (non-hydrogen) atoms. The summed E-state index contributed by atoms with van der Waals surface area (Å²) in [5.74, 6) is -3.05. The fraction of sp³-hybridized carbons (Fsp3) is 0.667. The molecule has 104 valence electrons. The summed E-state index contributed by atoms with van der Waals surface area (Å²) < 4.78 is 27.8. The van der Waals surface area contributed by atoms with Gasteiger partial charge in [-0.3, -0.25) is 14.8 Å². The Bertz CT molecular complexity index is 476. The number of hydrogen-bond acceptors (Lipinski definition) is 3. The van der Waals surface area contributed by atoms with Crippen LogP contribution in [-0.4, -0.2) is 46.6 Å². The first-order valence-electron chi connectivity index (χ1n) is 6.35. The largest absolute Gasteiger partial charge is 0.356 e. The standard InChI is InChI=1S/C12H16F2N4O/c13-12(14)6-11(1-2-15-10(11)19)7-18(8-12)5-9-3-16-17-4-9/h3-4H,1-2,5-8H2,(H,15,19)(H,16,17)/t11-/m1/s1. The molecule has 1 atom stereocenters. The predicted molar refractivity (Wildman–Crippen MR) is 63.5 cm³/mol. The van der Waals surface area contributed by atoms with Gasteiger partial charge in [0.25, 0.3) is 5.92 Å². The lowest BCUT2D eigenvalue weighted by Crippen LogP contribution is -2.54. The number of rotatable bonds is 2. The van der Waals surface area contributed by atoms with Gasteiger partial charge in [0.2, 0.25) is 5.91 Å². The molecule has 2 aliphatic rings. The zero-order chi connectivity index (χ0) is 13.5. The second-order valence-electron chi connectivity index (χ2n) is 5.57. The number of alkyl halides is 2. The van der Waals surface area contributed by atoms with Crippen LogP contribution >= 0.6 is 0 Å². The van der Waals surface area contributed by atoms with E-state index in [-0.39, 0.29) is 18.9 Å². The first kappa shape index (κ1) is 12.5. The van der Waals surface area contributed by atoms with Gasteiger partial charge in [0, 0.05) is 37.8 Å². The molecule has 7 heteroatoms. The maximum Gasteiger partial charge on any atom is 0.261 e. The molecule has 3 rings (SSSR count). The minimum absolute atomic E-state index is 0.232. The van der Waals surface area contributed by atoms with E-state index in [0.717, 1.165) is 5.56 Å². The summed E-state index contributed by atoms with van der Waals surface area (Å²) >= 11 is 0. The van der Waals surface area contributed by atoms with Crippen LogP contribution in [0.1, 0.15) is 18.4 Å². The Morgan fingerprint density at radius 2 is 2.26 bits per heavy atom. The molecule has 1 spiro atoms. The smallest absolute Gasteiger partial charge is 0.261 e. The van der Waals surface area contributed by atoms with Crippen molar-refractivity contribution in [2.75, 3.05) is 19.6 Å². The normalized spacial score (nSPS) is 30.7. The number of halogens is 2. The third-order valence-corrected chi connectivity index (χ3v) is 3.91. The average Bonchev–Trinajstić information content (AvgIpc) is 2.89. The number of carbonyl (C=O) groups excluding carboxylic acids is 1. The lowest BCUT2D eigenvalue weighted by atomic mass is 9.77. The Hall–Kier alpha value is -1.50. The van der Waals surface area contributed by atoms with Crippen molar-refractivity contribution in [2.45, 2.75) is 25.3 Å². The molecule has 2 aliphatic heterocycles. The maximum absolute atomic E-state index is 13.9. The predicted octanol–water partition coefficient (Wildman–Crippen LogP) is 0.757. The van der Waals surface area contributed by atoms with Crippen molar-refractivity contribution in [3.63, 3.8) is 0 Å². The zero-order valence-corrected chi connectivity index (χ0v) is 10.5. The van der Waals surface area contributed by atoms with Gasteiger partial charge in [-0.25, -0.2) is 8.78 Å². The van der Waals surface area contributed by atoms with Gasteiger partial charge < -0.3 is 5.32 Å². The first-order chi connectivity index (χ1) is 8.99. The fourth-order valence-corrected chi connectivity index (χ4v) is 3.19. The molecule has 0 aromatic carbocycles. The lowest BCUT2D eigenvalue weighted by Gasteiger charge is -2.42. The van der Waals surface area contributed by atoms with Gasteiger partial charge in [0.1, 0.15) is 0 Å². The molecule has 1 amide bonds. The number of amides is 1. The highest BCUT2D eigenvalue weighted by atomic mass is 19.3. The Kier molecular flexibility index (Phi) is 2.81. The van der Waals surface area contributed by atoms with Gasteiger partial charge in [-0.15, -0.1) is 0 Å². The van der Waals surface area contributed by atoms with Crippen molar-refractivity contribution >= 4 is 5.91 Å². The van der Waals surface area contributed by atoms with E-state index >= 15 is 0 Å². The average molecular weight is 270 g/mol. The van der Waals surface area contributed by atoms with Crippen molar-refractivity contribution in [1.82, 2.24) is 20.4 Å². The van der Waals surface area contributed by atoms with E-state index in [9.17, 15) is 13.6 Å². The van der Waals surface area contributed by atoms with Gasteiger partial charge in [-0.2, -0.15) is 5.10 Å². The summed E-state index contributed by atoms with van der Waals surface area (Å²) in [5, 5.41) is 9.16. The van der Waals surface area contributed by atoms with Crippen LogP contribution in [0, 0.1) is 5.41 Å². The van der Waals surface area contributed by atoms with E-state index in [4.69, 9.17) is 0 Å². The van der Waals surface area contributed by atoms with E-state index < -0.39 is 11.3 Å². The first-order valence-corrected chi connectivity index (χ1v) is 6.35. The Morgan fingerprint density at radius 3 is 2.89 bits per heavy atom. The molecule has 0 unspecified atom stereocenters. The van der Waals surface area contributed by atoms with Crippen molar-refractivity contribution < 1.29 is 13.6 Å². The molecule has 1 aromatic heterocycles. The molecular formula is C12H16F2N4O. The van der Waals surface area contributed by atoms with Crippen LogP contribution in [0.25, 0.3) is 0 Å². The van der Waals surface area contributed by atoms with E-state index in [0.29, 0.717) is 26.1 Å². The SMILES string of the molecule is O=C1NCC[C@@]12CN(Cc1cn[nH]c1)CC(F)(F)C2. The summed E-state index contributed by atoms with van der Waals surface area (Å²) in [4.78, 5) is 13.5. The second kappa shape index (κ2) is 4.26. The number of aromatic amines is 1. The van der Waals surface area contributed by atoms with Crippen molar-refractivity contribution in [3.8, 4) is 0 Å². The van der Waals surface area contributed by atoms with Crippen LogP contribution in [0.5, 0.6) is 0 Å². The fourth-order valence-electron chi connectivity index (χ4n) is 3.19. The van der Waals surface area contributed by atoms with Crippen molar-refractivity contribution in [1.29, 1.82) is 0 Å². The molecular weight excluding hydrogens is 254 g/mol. The number of likely N-dealkylation sites (tertiary alicyclic amines) is 1. The minimum atomic E-state index is -2.82. The molecule has 0 saturated carbocycles. The number of nitrogens with one attached hydrogen (secondary N) is 2. The van der Waals surface area contributed by atoms with Crippen LogP contribution in [0.4, 0.5) is 8.78 Å². The molecule has 0 aliphatic carbocycles. The Balaban J connectivity index is 1.80. The van der Waals surface area contributed by atoms with E-state index in [1.807, 2.05) is 0 Å². The van der Waals surface area contributed by atoms with E-state index in [2.05, 4.69) is 15.5 Å². The topological polar surface area (TPSA) is 61.0 Å². The highest BCUT2D eigenvalue weighted by Crippen LogP contribution is 2.43. The third-order valence-electron chi connectivity index (χ3n) is 3.91. The summed E-state index contributed by atoms with van der Waals surface area (Å²) in [6, 6.07) is 0. The highest BCUT2D eigenvalue weighted by Gasteiger charge is 2.54. The van der Waals surface area contributed by atoms with Crippen LogP contribution in [-0.2, 0) is 11.3 Å². The summed E-state index contributed by atoms with van der Waals surface area (Å²) in [6.45, 7) is 0.975. The lowest BCUT2D eigenvalue weighted by molar-refractivity contribution is -0.149. The molecule has 0 radical (unpaired) electrons. The van der Waals surface area contributed by atoms with Gasteiger partial charge in [0.05, 0.1) is 18.2 Å². The molecule has 1 aromatic rings. The van der Waals surface area contributed by atoms with E-state index in [1.54, 1.807) is 17.3 Å². The Labute approximate surface area is 109 Å². The quantitative estimate of drug-likeness (QED) is 0.834. The number of piperidine rings is 1. The van der Waals surface area contributed by atoms with Crippen LogP contribution < -0.4 is 5.32 Å². The van der Waals surface area contributed by atoms with Gasteiger partial charge >= 0.3 is 0 Å². The summed E-state index contributed by atoms with van der Waals surface area (Å²) in [7, 11) is 0. The molecule has 2 saturated heterocycles. The number of nitrogens with zero attached hydrogens (tertiary/aromatic N) is 2. The van der Waals surface area contributed by atoms with Crippen molar-refractivity contribution in [3.05, 3.63) is 18.0 Å². The minimum Gasteiger partial charge on any atom is -0.356 e. The Morgan fingerprint density at radius 1 is 1.42 bits per heavy atom. The van der Waals surface area contributed by atoms with Gasteiger partial charge in [0.15, 0.2) is 0 Å². The van der Waals surface area contributed by atoms with Crippen molar-refractivity contribution in [2.24, 2.45) is 5.41 Å². The number of H-pyrrole nitrogens is 1. The highest BCUT2D eigenvalue weighted by molar-refractivity contribution is 5.85. The van der Waals surface area contributed by atoms with Crippen LogP contribution in [0.15, 0.2) is 12.4 Å². The molecule has 2 fully saturated rings. The number of hydrogen-bond donors (Lipinski definition) is 2. The van der Waals surface area contributed by atoms with Crippen LogP contribution in [0.3, 0.4) is 0 Å². The summed E-state index contributed by atoms with van der Waals surface area (Å²) in [5.41, 5.74) is -0.0721. The van der Waals surface area contributed by atoms with Gasteiger partial charge in [-0.1, -0.05) is 0 Å². The zero-order valence-electron chi connectivity index (χ0n) is 10.5. The number of carbonyl (C=O) groups is 1. The number of aromatic nitrogens is 2. The molecule has 3 heterocycles. The maximum atomic E-state index is 13.9. The second-order valence-corrected chi connectivity index (χ2v) is 5.57. The monoisotopic (exact) mass is 270 g/mol. The van der Waals surface area contributed by atoms with Gasteiger partial charge in [-0.05, 0) is 6.42 Å². The summed E-state index contributed by atoms with van der Waals surface area (Å²) in [6.07, 6.45) is 3.46. The van der Waals surface area contributed by atoms with Crippen LogP contribution in [0.2, 0.25) is 0 Å². The molecule has 2 N–H and O–H groups in total. The van der Waals surface area contributed by atoms with E-state index in [1.165, 1.54) is 0 Å². The third kappa shape index (κ3) is 2.34. The molecule has 0 bridgehead atoms.